The third kappa shape index (κ3) is 12.1. The molecule has 0 radical (unpaired) electrons. The molecule has 0 saturated heterocycles. The fourth-order valence-corrected chi connectivity index (χ4v) is 6.50. The third-order valence-corrected chi connectivity index (χ3v) is 9.31. The van der Waals surface area contributed by atoms with Crippen molar-refractivity contribution in [2.45, 2.75) is 64.1 Å². The summed E-state index contributed by atoms with van der Waals surface area (Å²) < 4.78 is 5.47. The van der Waals surface area contributed by atoms with E-state index in [0.29, 0.717) is 32.2 Å². The predicted octanol–water partition coefficient (Wildman–Crippen LogP) is 6.08. The van der Waals surface area contributed by atoms with Crippen molar-refractivity contribution in [1.29, 1.82) is 0 Å². The van der Waals surface area contributed by atoms with Gasteiger partial charge in [-0.15, -0.1) is 22.7 Å². The van der Waals surface area contributed by atoms with E-state index in [-0.39, 0.29) is 56.1 Å². The van der Waals surface area contributed by atoms with Gasteiger partial charge >= 0.3 is 6.09 Å². The highest BCUT2D eigenvalue weighted by Gasteiger charge is 2.27. The largest absolute Gasteiger partial charge is 0.444 e. The lowest BCUT2D eigenvalue weighted by Gasteiger charge is -2.25. The Morgan fingerprint density at radius 1 is 0.935 bits per heavy atom. The first-order chi connectivity index (χ1) is 22.4. The highest BCUT2D eigenvalue weighted by molar-refractivity contribution is 7.09. The van der Waals surface area contributed by atoms with E-state index in [2.05, 4.69) is 27.4 Å². The van der Waals surface area contributed by atoms with Crippen molar-refractivity contribution in [3.63, 3.8) is 0 Å². The van der Waals surface area contributed by atoms with E-state index in [1.54, 1.807) is 29.2 Å². The molecule has 2 aromatic carbocycles. The summed E-state index contributed by atoms with van der Waals surface area (Å²) in [7, 11) is 1.71. The summed E-state index contributed by atoms with van der Waals surface area (Å²) in [5.74, 6) is -0.772. The summed E-state index contributed by atoms with van der Waals surface area (Å²) in [6.45, 7) is 0.362. The second-order valence-corrected chi connectivity index (χ2v) is 13.2. The van der Waals surface area contributed by atoms with E-state index in [1.807, 2.05) is 53.9 Å². The zero-order valence-corrected chi connectivity index (χ0v) is 27.8. The quantitative estimate of drug-likeness (QED) is 0.125. The Kier molecular flexibility index (Phi) is 14.4. The van der Waals surface area contributed by atoms with Crippen molar-refractivity contribution < 1.29 is 24.2 Å². The molecule has 0 saturated carbocycles. The van der Waals surface area contributed by atoms with Gasteiger partial charge in [0.1, 0.15) is 12.4 Å². The number of aliphatic hydroxyl groups is 1. The van der Waals surface area contributed by atoms with Crippen LogP contribution in [0.4, 0.5) is 4.79 Å². The van der Waals surface area contributed by atoms with Crippen LogP contribution in [0.15, 0.2) is 83.3 Å². The maximum Gasteiger partial charge on any atom is 0.407 e. The number of Topliss-reactive ketones (excluding diaryl/α,β-unsaturated/α-hetero) is 1. The van der Waals surface area contributed by atoms with Gasteiger partial charge in [0.2, 0.25) is 5.91 Å². The van der Waals surface area contributed by atoms with Crippen molar-refractivity contribution in [3.8, 4) is 0 Å². The van der Waals surface area contributed by atoms with Crippen molar-refractivity contribution in [3.05, 3.63) is 105 Å². The molecule has 0 fully saturated rings. The summed E-state index contributed by atoms with van der Waals surface area (Å²) >= 11 is 2.90. The number of aliphatic hydroxyl groups excluding tert-OH is 1. The monoisotopic (exact) mass is 662 g/mol. The van der Waals surface area contributed by atoms with E-state index in [9.17, 15) is 19.5 Å². The van der Waals surface area contributed by atoms with Gasteiger partial charge in [-0.05, 0) is 49.1 Å². The zero-order chi connectivity index (χ0) is 32.6. The molecule has 2 N–H and O–H groups in total. The first-order valence-corrected chi connectivity index (χ1v) is 17.3. The predicted molar refractivity (Wildman–Crippen MR) is 180 cm³/mol. The minimum Gasteiger partial charge on any atom is -0.444 e. The fourth-order valence-electron chi connectivity index (χ4n) is 5.44. The minimum absolute atomic E-state index is 0.0211. The topological polar surface area (TPSA) is 122 Å². The molecule has 3 atom stereocenters. The van der Waals surface area contributed by atoms with Crippen molar-refractivity contribution >= 4 is 40.5 Å². The Morgan fingerprint density at radius 3 is 2.28 bits per heavy atom. The summed E-state index contributed by atoms with van der Waals surface area (Å²) in [5.41, 5.74) is 6.44. The number of alkyl carbamates (subject to hydrolysis) is 1. The lowest BCUT2D eigenvalue weighted by molar-refractivity contribution is -0.135. The molecule has 0 aliphatic heterocycles. The van der Waals surface area contributed by atoms with Gasteiger partial charge in [-0.2, -0.15) is 0 Å². The van der Waals surface area contributed by atoms with Gasteiger partial charge in [-0.25, -0.2) is 9.78 Å². The van der Waals surface area contributed by atoms with Crippen LogP contribution in [0.1, 0.15) is 53.8 Å². The number of aromatic nitrogens is 2. The molecule has 0 unspecified atom stereocenters. The van der Waals surface area contributed by atoms with Gasteiger partial charge in [-0.1, -0.05) is 60.7 Å². The molecule has 9 nitrogen and oxygen atoms in total. The van der Waals surface area contributed by atoms with E-state index < -0.39 is 12.0 Å². The summed E-state index contributed by atoms with van der Waals surface area (Å²) in [5, 5.41) is 14.7. The first-order valence-electron chi connectivity index (χ1n) is 15.5. The first kappa shape index (κ1) is 34.9. The molecule has 4 rings (SSSR count). The van der Waals surface area contributed by atoms with E-state index in [1.165, 1.54) is 22.7 Å². The number of carbonyl (C=O) groups is 3. The maximum absolute atomic E-state index is 13.7. The van der Waals surface area contributed by atoms with Gasteiger partial charge in [0.25, 0.3) is 0 Å². The highest BCUT2D eigenvalue weighted by Crippen LogP contribution is 2.25. The number of rotatable bonds is 19. The van der Waals surface area contributed by atoms with Crippen LogP contribution < -0.4 is 5.32 Å². The number of benzene rings is 2. The summed E-state index contributed by atoms with van der Waals surface area (Å²) in [6.07, 6.45) is 4.36. The van der Waals surface area contributed by atoms with Gasteiger partial charge in [0.15, 0.2) is 0 Å². The van der Waals surface area contributed by atoms with E-state index in [0.717, 1.165) is 21.7 Å². The van der Waals surface area contributed by atoms with Gasteiger partial charge in [0.05, 0.1) is 28.1 Å². The number of hydrogen-bond acceptors (Lipinski definition) is 9. The summed E-state index contributed by atoms with van der Waals surface area (Å²) in [4.78, 5) is 50.3. The number of ether oxygens (including phenoxy) is 1. The molecule has 0 aliphatic carbocycles. The van der Waals surface area contributed by atoms with Crippen LogP contribution in [0.2, 0.25) is 0 Å². The second-order valence-electron chi connectivity index (χ2n) is 11.5. The number of nitrogens with one attached hydrogen (secondary N) is 1. The van der Waals surface area contributed by atoms with Gasteiger partial charge in [0, 0.05) is 50.0 Å². The van der Waals surface area contributed by atoms with Gasteiger partial charge < -0.3 is 20.1 Å². The lowest BCUT2D eigenvalue weighted by Crippen LogP contribution is -2.37. The fraction of sp³-hybridized carbons (Fsp3) is 0.400. The molecule has 0 bridgehead atoms. The molecule has 2 aromatic heterocycles. The molecule has 244 valence electrons. The Balaban J connectivity index is 1.42. The molecule has 0 aliphatic rings. The Hall–Kier alpha value is -3.93. The van der Waals surface area contributed by atoms with Crippen LogP contribution in [0.3, 0.4) is 0 Å². The molecule has 46 heavy (non-hydrogen) atoms. The number of nitrogens with zero attached hydrogens (tertiary/aromatic N) is 3. The highest BCUT2D eigenvalue weighted by atomic mass is 32.1. The zero-order valence-electron chi connectivity index (χ0n) is 26.1. The molecular formula is C35H42N4O5S2. The molecular weight excluding hydrogens is 621 g/mol. The van der Waals surface area contributed by atoms with Crippen LogP contribution in [0, 0.1) is 11.8 Å². The van der Waals surface area contributed by atoms with Gasteiger partial charge in [-0.3, -0.25) is 14.6 Å². The van der Waals surface area contributed by atoms with Crippen LogP contribution in [-0.4, -0.2) is 57.5 Å². The molecule has 4 aromatic rings. The van der Waals surface area contributed by atoms with E-state index >= 15 is 0 Å². The van der Waals surface area contributed by atoms with Crippen LogP contribution >= 0.6 is 22.7 Å². The van der Waals surface area contributed by atoms with Crippen LogP contribution in [-0.2, 0) is 40.3 Å². The number of carbonyl (C=O) groups excluding carboxylic acids is 3. The average molecular weight is 663 g/mol. The lowest BCUT2D eigenvalue weighted by atomic mass is 9.83. The van der Waals surface area contributed by atoms with Crippen LogP contribution in [0.5, 0.6) is 0 Å². The SMILES string of the molecule is CN(Cc1cscn1)C(=O)C[C@@H](CCO)C(=O)C[C@H](CC[C@H](Cc1ccccc1)NC(=O)OCc1cncs1)Cc1ccccc1. The van der Waals surface area contributed by atoms with E-state index in [4.69, 9.17) is 4.74 Å². The Labute approximate surface area is 278 Å². The molecule has 0 spiro atoms. The van der Waals surface area contributed by atoms with Crippen molar-refractivity contribution in [2.75, 3.05) is 13.7 Å². The third-order valence-electron chi connectivity index (χ3n) is 7.92. The number of hydrogen-bond donors (Lipinski definition) is 2. The normalized spacial score (nSPS) is 13.0. The minimum atomic E-state index is -0.575. The Morgan fingerprint density at radius 2 is 1.65 bits per heavy atom. The van der Waals surface area contributed by atoms with Crippen LogP contribution in [0.25, 0.3) is 0 Å². The smallest absolute Gasteiger partial charge is 0.407 e. The second kappa shape index (κ2) is 18.9. The number of amides is 2. The standard InChI is InChI=1S/C35H42N4O5S2/c1-39(21-31-23-45-25-37-31)34(42)19-29(14-15-40)33(41)18-28(16-26-8-4-2-5-9-26)12-13-30(17-27-10-6-3-7-11-27)38-35(43)44-22-32-20-36-24-46-32/h2-11,20,23-25,28-30,40H,12-19,21-22H2,1H3,(H,38,43)/t28-,29-,30-/m1/s1. The number of ketones is 1. The average Bonchev–Trinajstić information content (AvgIpc) is 3.78. The maximum atomic E-state index is 13.7. The van der Waals surface area contributed by atoms with Crippen molar-refractivity contribution in [2.24, 2.45) is 11.8 Å². The number of thiazole rings is 2. The van der Waals surface area contributed by atoms with Crippen molar-refractivity contribution in [1.82, 2.24) is 20.2 Å². The molecule has 2 heterocycles. The Bertz CT molecular complexity index is 1450. The molecule has 2 amide bonds. The summed E-state index contributed by atoms with van der Waals surface area (Å²) in [6, 6.07) is 19.8. The molecule has 11 heteroatoms.